The Hall–Kier alpha value is -1.35. The Bertz CT molecular complexity index is 517. The van der Waals surface area contributed by atoms with Gasteiger partial charge in [0.05, 0.1) is 17.8 Å². The van der Waals surface area contributed by atoms with Crippen LogP contribution in [0.5, 0.6) is 0 Å². The van der Waals surface area contributed by atoms with Gasteiger partial charge in [0.1, 0.15) is 0 Å². The van der Waals surface area contributed by atoms with Gasteiger partial charge in [-0.15, -0.1) is 0 Å². The van der Waals surface area contributed by atoms with Gasteiger partial charge in [-0.1, -0.05) is 25.1 Å². The van der Waals surface area contributed by atoms with Crippen molar-refractivity contribution in [1.29, 1.82) is 0 Å². The summed E-state index contributed by atoms with van der Waals surface area (Å²) in [5.41, 5.74) is 7.47. The number of benzene rings is 1. The van der Waals surface area contributed by atoms with Crippen molar-refractivity contribution in [2.75, 3.05) is 0 Å². The molecule has 0 bridgehead atoms. The number of hydrogen-bond donors (Lipinski definition) is 1. The second-order valence-corrected chi connectivity index (χ2v) is 5.30. The van der Waals surface area contributed by atoms with Gasteiger partial charge in [-0.05, 0) is 31.2 Å². The third-order valence-corrected chi connectivity index (χ3v) is 3.95. The van der Waals surface area contributed by atoms with Crippen molar-refractivity contribution in [3.8, 4) is 0 Å². The summed E-state index contributed by atoms with van der Waals surface area (Å²) < 4.78 is 2.13. The lowest BCUT2D eigenvalue weighted by molar-refractivity contribution is 0.238. The molecule has 1 aromatic carbocycles. The van der Waals surface area contributed by atoms with Crippen LogP contribution < -0.4 is 5.73 Å². The molecule has 3 atom stereocenters. The summed E-state index contributed by atoms with van der Waals surface area (Å²) in [6.07, 6.45) is 5.45. The molecule has 0 amide bonds. The number of rotatable bonds is 1. The first-order valence-electron chi connectivity index (χ1n) is 6.43. The molecule has 2 aromatic rings. The Morgan fingerprint density at radius 3 is 3.00 bits per heavy atom. The van der Waals surface area contributed by atoms with Crippen LogP contribution in [0, 0.1) is 5.92 Å². The summed E-state index contributed by atoms with van der Waals surface area (Å²) >= 11 is 0. The Morgan fingerprint density at radius 2 is 2.12 bits per heavy atom. The van der Waals surface area contributed by atoms with E-state index in [4.69, 9.17) is 5.73 Å². The highest BCUT2D eigenvalue weighted by Gasteiger charge is 2.28. The summed E-state index contributed by atoms with van der Waals surface area (Å²) in [6.45, 7) is 2.31. The SMILES string of the molecule is CC1CCC(N)C(n2ncc3ccccc32)C1. The maximum atomic E-state index is 6.26. The van der Waals surface area contributed by atoms with E-state index in [0.29, 0.717) is 6.04 Å². The zero-order chi connectivity index (χ0) is 11.8. The zero-order valence-corrected chi connectivity index (χ0v) is 10.2. The average Bonchev–Trinajstić information content (AvgIpc) is 2.76. The fourth-order valence-electron chi connectivity index (χ4n) is 2.91. The van der Waals surface area contributed by atoms with Gasteiger partial charge in [0.25, 0.3) is 0 Å². The summed E-state index contributed by atoms with van der Waals surface area (Å²) in [5, 5.41) is 5.75. The topological polar surface area (TPSA) is 43.8 Å². The van der Waals surface area contributed by atoms with Gasteiger partial charge in [-0.2, -0.15) is 5.10 Å². The van der Waals surface area contributed by atoms with Crippen LogP contribution in [-0.2, 0) is 0 Å². The number of para-hydroxylation sites is 1. The molecule has 1 aromatic heterocycles. The standard InChI is InChI=1S/C14H19N3/c1-10-6-7-12(15)14(8-10)17-13-5-3-2-4-11(13)9-16-17/h2-5,9-10,12,14H,6-8,15H2,1H3. The molecule has 3 unspecified atom stereocenters. The molecule has 0 radical (unpaired) electrons. The molecule has 1 saturated carbocycles. The van der Waals surface area contributed by atoms with Crippen molar-refractivity contribution in [3.05, 3.63) is 30.5 Å². The van der Waals surface area contributed by atoms with E-state index in [1.807, 2.05) is 6.20 Å². The first-order chi connectivity index (χ1) is 8.25. The molecule has 1 fully saturated rings. The first-order valence-corrected chi connectivity index (χ1v) is 6.43. The molecule has 1 aliphatic rings. The van der Waals surface area contributed by atoms with Crippen molar-refractivity contribution in [2.45, 2.75) is 38.3 Å². The van der Waals surface area contributed by atoms with Gasteiger partial charge in [0, 0.05) is 11.4 Å². The molecule has 3 rings (SSSR count). The van der Waals surface area contributed by atoms with Crippen LogP contribution in [0.25, 0.3) is 10.9 Å². The molecule has 0 spiro atoms. The van der Waals surface area contributed by atoms with Crippen molar-refractivity contribution in [2.24, 2.45) is 11.7 Å². The van der Waals surface area contributed by atoms with E-state index in [2.05, 4.69) is 41.0 Å². The second kappa shape index (κ2) is 4.15. The molecule has 3 heteroatoms. The van der Waals surface area contributed by atoms with Crippen molar-refractivity contribution in [3.63, 3.8) is 0 Å². The van der Waals surface area contributed by atoms with Crippen LogP contribution in [0.1, 0.15) is 32.2 Å². The summed E-state index contributed by atoms with van der Waals surface area (Å²) in [4.78, 5) is 0. The number of fused-ring (bicyclic) bond motifs is 1. The number of hydrogen-bond acceptors (Lipinski definition) is 2. The Labute approximate surface area is 102 Å². The van der Waals surface area contributed by atoms with Gasteiger partial charge in [-0.25, -0.2) is 0 Å². The fourth-order valence-corrected chi connectivity index (χ4v) is 2.91. The number of aromatic nitrogens is 2. The van der Waals surface area contributed by atoms with E-state index < -0.39 is 0 Å². The summed E-state index contributed by atoms with van der Waals surface area (Å²) in [5.74, 6) is 0.753. The van der Waals surface area contributed by atoms with Crippen molar-refractivity contribution >= 4 is 10.9 Å². The van der Waals surface area contributed by atoms with Gasteiger partial charge < -0.3 is 5.73 Å². The lowest BCUT2D eigenvalue weighted by atomic mass is 9.84. The van der Waals surface area contributed by atoms with Crippen LogP contribution in [0.3, 0.4) is 0 Å². The summed E-state index contributed by atoms with van der Waals surface area (Å²) in [7, 11) is 0. The molecule has 0 saturated heterocycles. The maximum absolute atomic E-state index is 6.26. The van der Waals surface area contributed by atoms with Crippen LogP contribution in [-0.4, -0.2) is 15.8 Å². The molecule has 1 aliphatic carbocycles. The summed E-state index contributed by atoms with van der Waals surface area (Å²) in [6, 6.07) is 8.97. The number of nitrogens with two attached hydrogens (primary N) is 1. The van der Waals surface area contributed by atoms with E-state index in [0.717, 1.165) is 18.8 Å². The fraction of sp³-hybridized carbons (Fsp3) is 0.500. The minimum atomic E-state index is 0.245. The molecule has 2 N–H and O–H groups in total. The van der Waals surface area contributed by atoms with E-state index >= 15 is 0 Å². The van der Waals surface area contributed by atoms with Gasteiger partial charge in [0.2, 0.25) is 0 Å². The van der Waals surface area contributed by atoms with E-state index in [-0.39, 0.29) is 6.04 Å². The highest BCUT2D eigenvalue weighted by Crippen LogP contribution is 2.33. The van der Waals surface area contributed by atoms with E-state index in [1.165, 1.54) is 17.3 Å². The third kappa shape index (κ3) is 1.84. The van der Waals surface area contributed by atoms with Gasteiger partial charge in [0.15, 0.2) is 0 Å². The number of nitrogens with zero attached hydrogens (tertiary/aromatic N) is 2. The second-order valence-electron chi connectivity index (χ2n) is 5.30. The minimum Gasteiger partial charge on any atom is -0.326 e. The monoisotopic (exact) mass is 229 g/mol. The molecule has 1 heterocycles. The highest BCUT2D eigenvalue weighted by atomic mass is 15.3. The zero-order valence-electron chi connectivity index (χ0n) is 10.2. The normalized spacial score (nSPS) is 29.6. The molecule has 3 nitrogen and oxygen atoms in total. The predicted molar refractivity (Wildman–Crippen MR) is 69.8 cm³/mol. The van der Waals surface area contributed by atoms with Crippen LogP contribution in [0.4, 0.5) is 0 Å². The average molecular weight is 229 g/mol. The lowest BCUT2D eigenvalue weighted by Gasteiger charge is -2.33. The minimum absolute atomic E-state index is 0.245. The first kappa shape index (κ1) is 10.8. The Balaban J connectivity index is 2.02. The van der Waals surface area contributed by atoms with Crippen molar-refractivity contribution < 1.29 is 0 Å². The maximum Gasteiger partial charge on any atom is 0.0686 e. The smallest absolute Gasteiger partial charge is 0.0686 e. The Morgan fingerprint density at radius 1 is 1.29 bits per heavy atom. The third-order valence-electron chi connectivity index (χ3n) is 3.95. The predicted octanol–water partition coefficient (Wildman–Crippen LogP) is 2.72. The van der Waals surface area contributed by atoms with Crippen LogP contribution in [0.2, 0.25) is 0 Å². The molecular formula is C14H19N3. The largest absolute Gasteiger partial charge is 0.326 e. The lowest BCUT2D eigenvalue weighted by Crippen LogP contribution is -2.37. The van der Waals surface area contributed by atoms with E-state index in [9.17, 15) is 0 Å². The molecular weight excluding hydrogens is 210 g/mol. The molecule has 90 valence electrons. The Kier molecular flexibility index (Phi) is 2.63. The van der Waals surface area contributed by atoms with Crippen molar-refractivity contribution in [1.82, 2.24) is 9.78 Å². The van der Waals surface area contributed by atoms with Gasteiger partial charge >= 0.3 is 0 Å². The quantitative estimate of drug-likeness (QED) is 0.817. The molecule has 17 heavy (non-hydrogen) atoms. The van der Waals surface area contributed by atoms with Crippen LogP contribution in [0.15, 0.2) is 30.5 Å². The van der Waals surface area contributed by atoms with Crippen LogP contribution >= 0.6 is 0 Å². The highest BCUT2D eigenvalue weighted by molar-refractivity contribution is 5.78. The van der Waals surface area contributed by atoms with Gasteiger partial charge in [-0.3, -0.25) is 4.68 Å². The molecule has 0 aliphatic heterocycles. The van der Waals surface area contributed by atoms with E-state index in [1.54, 1.807) is 0 Å².